The maximum Gasteiger partial charge on any atom is 0.323 e. The van der Waals surface area contributed by atoms with Gasteiger partial charge in [0.2, 0.25) is 0 Å². The molecule has 0 saturated heterocycles. The topological polar surface area (TPSA) is 117 Å². The maximum absolute atomic E-state index is 12.8. The fourth-order valence-corrected chi connectivity index (χ4v) is 2.73. The van der Waals surface area contributed by atoms with Crippen LogP contribution >= 0.6 is 0 Å². The van der Waals surface area contributed by atoms with Gasteiger partial charge in [-0.2, -0.15) is 0 Å². The number of ether oxygens (including phenoxy) is 4. The van der Waals surface area contributed by atoms with Crippen LogP contribution in [-0.4, -0.2) is 50.2 Å². The number of methoxy groups -OCH3 is 1. The predicted molar refractivity (Wildman–Crippen MR) is 135 cm³/mol. The molecule has 9 nitrogen and oxygen atoms in total. The number of rotatable bonds is 14. The third-order valence-corrected chi connectivity index (χ3v) is 6.26. The zero-order valence-corrected chi connectivity index (χ0v) is 22.8. The zero-order valence-electron chi connectivity index (χ0n) is 22.8. The van der Waals surface area contributed by atoms with E-state index in [9.17, 15) is 19.2 Å². The van der Waals surface area contributed by atoms with E-state index in [1.807, 2.05) is 13.8 Å². The number of esters is 4. The van der Waals surface area contributed by atoms with E-state index in [4.69, 9.17) is 18.9 Å². The number of hydrogen-bond donors (Lipinski definition) is 1. The van der Waals surface area contributed by atoms with Gasteiger partial charge in [-0.05, 0) is 64.7 Å². The fraction of sp³-hybridized carbons (Fsp3) is 0.630. The Labute approximate surface area is 214 Å². The molecule has 1 aromatic rings. The van der Waals surface area contributed by atoms with Crippen LogP contribution in [0.3, 0.4) is 0 Å². The second-order valence-electron chi connectivity index (χ2n) is 9.84. The van der Waals surface area contributed by atoms with Crippen molar-refractivity contribution < 1.29 is 38.1 Å². The van der Waals surface area contributed by atoms with Crippen LogP contribution in [0.5, 0.6) is 11.5 Å². The summed E-state index contributed by atoms with van der Waals surface area (Å²) in [5.41, 5.74) is -0.814. The van der Waals surface area contributed by atoms with E-state index >= 15 is 0 Å². The Morgan fingerprint density at radius 2 is 1.44 bits per heavy atom. The number of benzene rings is 1. The molecule has 0 unspecified atom stereocenters. The SMILES string of the molecule is CCC(=O)OCCN[C@@H](Cc1ccc(OC(=O)C(C)(C)CC)c(OC(=O)C(C)(C)CC)c1)C(=O)OC. The van der Waals surface area contributed by atoms with Crippen molar-refractivity contribution >= 4 is 23.9 Å². The molecule has 1 atom stereocenters. The molecule has 0 saturated carbocycles. The van der Waals surface area contributed by atoms with Crippen molar-refractivity contribution in [2.45, 2.75) is 80.2 Å². The van der Waals surface area contributed by atoms with Crippen LogP contribution in [0.25, 0.3) is 0 Å². The molecule has 202 valence electrons. The fourth-order valence-electron chi connectivity index (χ4n) is 2.73. The Balaban J connectivity index is 3.20. The minimum atomic E-state index is -0.744. The Bertz CT molecular complexity index is 922. The molecule has 1 rings (SSSR count). The van der Waals surface area contributed by atoms with Crippen molar-refractivity contribution in [3.05, 3.63) is 23.8 Å². The quantitative estimate of drug-likeness (QED) is 0.226. The van der Waals surface area contributed by atoms with Gasteiger partial charge in [0.25, 0.3) is 0 Å². The Kier molecular flexibility index (Phi) is 12.1. The molecule has 0 spiro atoms. The molecule has 1 N–H and O–H groups in total. The highest BCUT2D eigenvalue weighted by atomic mass is 16.6. The second-order valence-corrected chi connectivity index (χ2v) is 9.84. The largest absolute Gasteiger partial charge is 0.468 e. The standard InChI is InChI=1S/C27H41NO8/c1-9-22(29)34-15-14-28-19(23(30)33-8)16-18-12-13-20(35-24(31)26(4,5)10-2)21(17-18)36-25(32)27(6,7)11-3/h12-13,17,19,28H,9-11,14-16H2,1-8H3/t19-/m0/s1. The summed E-state index contributed by atoms with van der Waals surface area (Å²) in [5, 5.41) is 3.02. The highest BCUT2D eigenvalue weighted by Crippen LogP contribution is 2.34. The number of carbonyl (C=O) groups is 4. The van der Waals surface area contributed by atoms with Gasteiger partial charge in [0.1, 0.15) is 12.6 Å². The smallest absolute Gasteiger partial charge is 0.323 e. The van der Waals surface area contributed by atoms with Crippen molar-refractivity contribution in [3.63, 3.8) is 0 Å². The molecule has 0 bridgehead atoms. The average molecular weight is 508 g/mol. The summed E-state index contributed by atoms with van der Waals surface area (Å²) in [6.45, 7) is 12.9. The molecule has 0 aliphatic rings. The minimum absolute atomic E-state index is 0.0970. The lowest BCUT2D eigenvalue weighted by molar-refractivity contribution is -0.147. The van der Waals surface area contributed by atoms with Gasteiger partial charge >= 0.3 is 23.9 Å². The Morgan fingerprint density at radius 3 is 1.94 bits per heavy atom. The third kappa shape index (κ3) is 9.26. The lowest BCUT2D eigenvalue weighted by atomic mass is 9.90. The third-order valence-electron chi connectivity index (χ3n) is 6.26. The normalized spacial score (nSPS) is 12.4. The van der Waals surface area contributed by atoms with Gasteiger partial charge in [-0.15, -0.1) is 0 Å². The van der Waals surface area contributed by atoms with Gasteiger partial charge in [0.15, 0.2) is 11.5 Å². The van der Waals surface area contributed by atoms with Crippen LogP contribution in [0.1, 0.15) is 73.3 Å². The monoisotopic (exact) mass is 507 g/mol. The van der Waals surface area contributed by atoms with Crippen molar-refractivity contribution in [2.75, 3.05) is 20.3 Å². The van der Waals surface area contributed by atoms with Gasteiger partial charge in [-0.1, -0.05) is 26.8 Å². The van der Waals surface area contributed by atoms with Gasteiger partial charge < -0.3 is 24.3 Å². The molecule has 0 fully saturated rings. The molecule has 9 heteroatoms. The molecule has 0 amide bonds. The van der Waals surface area contributed by atoms with E-state index < -0.39 is 34.8 Å². The molecule has 0 aliphatic carbocycles. The Morgan fingerprint density at radius 1 is 0.889 bits per heavy atom. The summed E-state index contributed by atoms with van der Waals surface area (Å²) in [4.78, 5) is 49.2. The summed E-state index contributed by atoms with van der Waals surface area (Å²) in [7, 11) is 1.28. The van der Waals surface area contributed by atoms with Crippen LogP contribution in [0.15, 0.2) is 18.2 Å². The van der Waals surface area contributed by atoms with Crippen molar-refractivity contribution in [2.24, 2.45) is 10.8 Å². The van der Waals surface area contributed by atoms with Crippen LogP contribution in [0.2, 0.25) is 0 Å². The van der Waals surface area contributed by atoms with E-state index in [0.29, 0.717) is 18.4 Å². The molecule has 0 aliphatic heterocycles. The summed E-state index contributed by atoms with van der Waals surface area (Å²) in [5.74, 6) is -1.51. The first kappa shape index (κ1) is 31.1. The highest BCUT2D eigenvalue weighted by molar-refractivity contribution is 5.81. The molecule has 0 heterocycles. The number of nitrogens with one attached hydrogen (secondary N) is 1. The highest BCUT2D eigenvalue weighted by Gasteiger charge is 2.31. The van der Waals surface area contributed by atoms with Crippen molar-refractivity contribution in [1.29, 1.82) is 0 Å². The number of hydrogen-bond acceptors (Lipinski definition) is 9. The van der Waals surface area contributed by atoms with E-state index in [1.54, 1.807) is 52.8 Å². The first-order valence-corrected chi connectivity index (χ1v) is 12.4. The van der Waals surface area contributed by atoms with Crippen LogP contribution < -0.4 is 14.8 Å². The Hall–Kier alpha value is -2.94. The van der Waals surface area contributed by atoms with Crippen LogP contribution in [-0.2, 0) is 35.1 Å². The first-order chi connectivity index (χ1) is 16.8. The van der Waals surface area contributed by atoms with E-state index in [-0.39, 0.29) is 43.5 Å². The van der Waals surface area contributed by atoms with Gasteiger partial charge in [-0.25, -0.2) is 0 Å². The van der Waals surface area contributed by atoms with Crippen LogP contribution in [0, 0.1) is 10.8 Å². The summed E-state index contributed by atoms with van der Waals surface area (Å²) in [6, 6.07) is 4.09. The summed E-state index contributed by atoms with van der Waals surface area (Å²) >= 11 is 0. The van der Waals surface area contributed by atoms with Crippen molar-refractivity contribution in [3.8, 4) is 11.5 Å². The molecular weight excluding hydrogens is 466 g/mol. The molecule has 1 aromatic carbocycles. The second kappa shape index (κ2) is 14.0. The van der Waals surface area contributed by atoms with Gasteiger partial charge in [0.05, 0.1) is 17.9 Å². The van der Waals surface area contributed by atoms with Crippen molar-refractivity contribution in [1.82, 2.24) is 5.32 Å². The first-order valence-electron chi connectivity index (χ1n) is 12.4. The molecule has 0 radical (unpaired) electrons. The number of carbonyl (C=O) groups excluding carboxylic acids is 4. The van der Waals surface area contributed by atoms with Gasteiger partial charge in [0, 0.05) is 13.0 Å². The minimum Gasteiger partial charge on any atom is -0.468 e. The van der Waals surface area contributed by atoms with E-state index in [1.165, 1.54) is 7.11 Å². The van der Waals surface area contributed by atoms with E-state index in [0.717, 1.165) is 0 Å². The summed E-state index contributed by atoms with van der Waals surface area (Å²) in [6.07, 6.45) is 1.59. The maximum atomic E-state index is 12.8. The molecule has 36 heavy (non-hydrogen) atoms. The van der Waals surface area contributed by atoms with Crippen LogP contribution in [0.4, 0.5) is 0 Å². The van der Waals surface area contributed by atoms with Gasteiger partial charge in [-0.3, -0.25) is 19.2 Å². The predicted octanol–water partition coefficient (Wildman–Crippen LogP) is 4.00. The van der Waals surface area contributed by atoms with E-state index in [2.05, 4.69) is 5.32 Å². The average Bonchev–Trinajstić information content (AvgIpc) is 2.86. The lowest BCUT2D eigenvalue weighted by Crippen LogP contribution is -2.41. The molecule has 0 aromatic heterocycles. The lowest BCUT2D eigenvalue weighted by Gasteiger charge is -2.24. The summed E-state index contributed by atoms with van der Waals surface area (Å²) < 4.78 is 21.2. The molecular formula is C27H41NO8. The zero-order chi connectivity index (χ0) is 27.5.